The molecule has 0 amide bonds. The molecule has 0 unspecified atom stereocenters. The van der Waals surface area contributed by atoms with Crippen molar-refractivity contribution >= 4 is 17.1 Å². The summed E-state index contributed by atoms with van der Waals surface area (Å²) in [7, 11) is 0. The third-order valence-electron chi connectivity index (χ3n) is 2.13. The van der Waals surface area contributed by atoms with E-state index >= 15 is 0 Å². The highest BCUT2D eigenvalue weighted by molar-refractivity contribution is 6.32. The molecule has 2 rings (SSSR count). The molecular weight excluding hydrogens is 184 g/mol. The van der Waals surface area contributed by atoms with Crippen molar-refractivity contribution in [3.8, 4) is 0 Å². The van der Waals surface area contributed by atoms with E-state index in [9.17, 15) is 0 Å². The van der Waals surface area contributed by atoms with Crippen molar-refractivity contribution in [2.24, 2.45) is 0 Å². The van der Waals surface area contributed by atoms with Gasteiger partial charge >= 0.3 is 0 Å². The predicted octanol–water partition coefficient (Wildman–Crippen LogP) is 2.86. The molecule has 0 spiro atoms. The van der Waals surface area contributed by atoms with Crippen LogP contribution in [-0.4, -0.2) is 9.38 Å². The first-order valence-electron chi connectivity index (χ1n) is 4.35. The number of pyridine rings is 1. The van der Waals surface area contributed by atoms with E-state index in [1.165, 1.54) is 5.56 Å². The second kappa shape index (κ2) is 3.04. The van der Waals surface area contributed by atoms with E-state index in [2.05, 4.69) is 29.4 Å². The van der Waals surface area contributed by atoms with Crippen LogP contribution in [0.25, 0.3) is 5.52 Å². The van der Waals surface area contributed by atoms with Crippen LogP contribution in [0.4, 0.5) is 0 Å². The van der Waals surface area contributed by atoms with Crippen LogP contribution in [0.3, 0.4) is 0 Å². The van der Waals surface area contributed by atoms with Gasteiger partial charge in [0.25, 0.3) is 0 Å². The average Bonchev–Trinajstić information content (AvgIpc) is 2.42. The number of hydrogen-bond donors (Lipinski definition) is 0. The minimum Gasteiger partial charge on any atom is -0.302 e. The average molecular weight is 195 g/mol. The van der Waals surface area contributed by atoms with Gasteiger partial charge in [0.2, 0.25) is 0 Å². The molecule has 0 fully saturated rings. The van der Waals surface area contributed by atoms with Crippen molar-refractivity contribution in [3.05, 3.63) is 34.9 Å². The maximum absolute atomic E-state index is 5.98. The largest absolute Gasteiger partial charge is 0.302 e. The Morgan fingerprint density at radius 1 is 1.46 bits per heavy atom. The first kappa shape index (κ1) is 8.57. The summed E-state index contributed by atoms with van der Waals surface area (Å²) in [5.41, 5.74) is 2.21. The molecule has 2 aromatic heterocycles. The van der Waals surface area contributed by atoms with Gasteiger partial charge in [-0.15, -0.1) is 0 Å². The van der Waals surface area contributed by atoms with Crippen LogP contribution in [0.15, 0.2) is 18.3 Å². The summed E-state index contributed by atoms with van der Waals surface area (Å²) in [6, 6.07) is 4.05. The van der Waals surface area contributed by atoms with Crippen LogP contribution in [-0.2, 0) is 6.42 Å². The number of rotatable bonds is 1. The molecule has 2 aromatic rings. The number of aromatic nitrogens is 2. The van der Waals surface area contributed by atoms with Crippen molar-refractivity contribution in [1.29, 1.82) is 0 Å². The quantitative estimate of drug-likeness (QED) is 0.683. The molecule has 0 saturated carbocycles. The number of fused-ring (bicyclic) bond motifs is 1. The maximum atomic E-state index is 5.98. The monoisotopic (exact) mass is 194 g/mol. The van der Waals surface area contributed by atoms with E-state index in [-0.39, 0.29) is 0 Å². The first-order valence-corrected chi connectivity index (χ1v) is 4.73. The number of nitrogens with zero attached hydrogens (tertiary/aromatic N) is 2. The van der Waals surface area contributed by atoms with Gasteiger partial charge in [0.15, 0.2) is 5.15 Å². The first-order chi connectivity index (χ1) is 6.22. The SMILES string of the molecule is CCc1nc(Cl)c2ccc(C)cn12. The Morgan fingerprint density at radius 3 is 2.92 bits per heavy atom. The molecule has 0 bridgehead atoms. The molecule has 68 valence electrons. The predicted molar refractivity (Wildman–Crippen MR) is 54.3 cm³/mol. The lowest BCUT2D eigenvalue weighted by Crippen LogP contribution is -1.92. The van der Waals surface area contributed by atoms with Crippen molar-refractivity contribution in [2.45, 2.75) is 20.3 Å². The highest BCUT2D eigenvalue weighted by Crippen LogP contribution is 2.18. The number of aryl methyl sites for hydroxylation is 2. The van der Waals surface area contributed by atoms with Gasteiger partial charge in [-0.2, -0.15) is 0 Å². The highest BCUT2D eigenvalue weighted by Gasteiger charge is 2.06. The van der Waals surface area contributed by atoms with Gasteiger partial charge in [0.1, 0.15) is 5.82 Å². The van der Waals surface area contributed by atoms with E-state index in [4.69, 9.17) is 11.6 Å². The minimum absolute atomic E-state index is 0.594. The molecule has 0 aliphatic carbocycles. The Balaban J connectivity index is 2.81. The van der Waals surface area contributed by atoms with E-state index in [0.29, 0.717) is 5.15 Å². The topological polar surface area (TPSA) is 17.3 Å². The Hall–Kier alpha value is -1.02. The zero-order valence-electron chi connectivity index (χ0n) is 7.71. The van der Waals surface area contributed by atoms with Crippen molar-refractivity contribution in [1.82, 2.24) is 9.38 Å². The van der Waals surface area contributed by atoms with E-state index < -0.39 is 0 Å². The molecule has 0 radical (unpaired) electrons. The Morgan fingerprint density at radius 2 is 2.23 bits per heavy atom. The van der Waals surface area contributed by atoms with E-state index in [1.54, 1.807) is 0 Å². The van der Waals surface area contributed by atoms with Crippen LogP contribution in [0, 0.1) is 6.92 Å². The van der Waals surface area contributed by atoms with Gasteiger partial charge < -0.3 is 4.40 Å². The maximum Gasteiger partial charge on any atom is 0.155 e. The fraction of sp³-hybridized carbons (Fsp3) is 0.300. The van der Waals surface area contributed by atoms with E-state index in [0.717, 1.165) is 17.8 Å². The van der Waals surface area contributed by atoms with Crippen molar-refractivity contribution in [2.75, 3.05) is 0 Å². The minimum atomic E-state index is 0.594. The number of imidazole rings is 1. The molecule has 0 aliphatic rings. The van der Waals surface area contributed by atoms with E-state index in [1.807, 2.05) is 12.1 Å². The molecule has 3 heteroatoms. The molecule has 0 aromatic carbocycles. The molecule has 0 aliphatic heterocycles. The Bertz CT molecular complexity index is 445. The van der Waals surface area contributed by atoms with Crippen LogP contribution in [0.1, 0.15) is 18.3 Å². The molecule has 2 heterocycles. The number of hydrogen-bond acceptors (Lipinski definition) is 1. The van der Waals surface area contributed by atoms with Crippen LogP contribution in [0.2, 0.25) is 5.15 Å². The highest BCUT2D eigenvalue weighted by atomic mass is 35.5. The summed E-state index contributed by atoms with van der Waals surface area (Å²) < 4.78 is 2.05. The number of halogens is 1. The lowest BCUT2D eigenvalue weighted by atomic mass is 10.3. The third kappa shape index (κ3) is 1.31. The van der Waals surface area contributed by atoms with Crippen LogP contribution >= 0.6 is 11.6 Å². The summed E-state index contributed by atoms with van der Waals surface area (Å²) in [6.45, 7) is 4.14. The molecule has 2 nitrogen and oxygen atoms in total. The second-order valence-corrected chi connectivity index (χ2v) is 3.49. The molecule has 13 heavy (non-hydrogen) atoms. The zero-order valence-corrected chi connectivity index (χ0v) is 8.47. The van der Waals surface area contributed by atoms with Crippen LogP contribution in [0.5, 0.6) is 0 Å². The Kier molecular flexibility index (Phi) is 2.00. The molecule has 0 saturated heterocycles. The van der Waals surface area contributed by atoms with Gasteiger partial charge in [-0.25, -0.2) is 4.98 Å². The van der Waals surface area contributed by atoms with Gasteiger partial charge in [-0.05, 0) is 18.6 Å². The normalized spacial score (nSPS) is 11.0. The van der Waals surface area contributed by atoms with Gasteiger partial charge in [-0.3, -0.25) is 0 Å². The van der Waals surface area contributed by atoms with Crippen LogP contribution < -0.4 is 0 Å². The molecule has 0 atom stereocenters. The van der Waals surface area contributed by atoms with Crippen molar-refractivity contribution in [3.63, 3.8) is 0 Å². The smallest absolute Gasteiger partial charge is 0.155 e. The summed E-state index contributed by atoms with van der Waals surface area (Å²) in [6.07, 6.45) is 2.96. The molecule has 0 N–H and O–H groups in total. The summed E-state index contributed by atoms with van der Waals surface area (Å²) in [4.78, 5) is 4.28. The van der Waals surface area contributed by atoms with Gasteiger partial charge in [0.05, 0.1) is 5.52 Å². The molecular formula is C10H11ClN2. The van der Waals surface area contributed by atoms with Crippen molar-refractivity contribution < 1.29 is 0 Å². The summed E-state index contributed by atoms with van der Waals surface area (Å²) in [5, 5.41) is 0.594. The zero-order chi connectivity index (χ0) is 9.42. The van der Waals surface area contributed by atoms with Gasteiger partial charge in [0, 0.05) is 12.6 Å². The third-order valence-corrected chi connectivity index (χ3v) is 2.41. The fourth-order valence-corrected chi connectivity index (χ4v) is 1.71. The lowest BCUT2D eigenvalue weighted by Gasteiger charge is -1.98. The second-order valence-electron chi connectivity index (χ2n) is 3.13. The Labute approximate surface area is 82.2 Å². The lowest BCUT2D eigenvalue weighted by molar-refractivity contribution is 0.929. The van der Waals surface area contributed by atoms with Gasteiger partial charge in [-0.1, -0.05) is 24.6 Å². The summed E-state index contributed by atoms with van der Waals surface area (Å²) in [5.74, 6) is 1.02. The summed E-state index contributed by atoms with van der Waals surface area (Å²) >= 11 is 5.98. The fourth-order valence-electron chi connectivity index (χ4n) is 1.46. The standard InChI is InChI=1S/C10H11ClN2/c1-3-9-12-10(11)8-5-4-7(2)6-13(8)9/h4-6H,3H2,1-2H3.